The van der Waals surface area contributed by atoms with Gasteiger partial charge < -0.3 is 9.72 Å². The van der Waals surface area contributed by atoms with Gasteiger partial charge in [-0.05, 0) is 29.8 Å². The van der Waals surface area contributed by atoms with Crippen molar-refractivity contribution in [2.24, 2.45) is 0 Å². The third-order valence-electron chi connectivity index (χ3n) is 4.12. The van der Waals surface area contributed by atoms with Gasteiger partial charge in [0, 0.05) is 12.8 Å². The molecule has 1 heterocycles. The average molecular weight is 380 g/mol. The minimum atomic E-state index is -0.376. The number of aryl methyl sites for hydroxylation is 1. The Bertz CT molecular complexity index is 1040. The van der Waals surface area contributed by atoms with E-state index in [1.54, 1.807) is 55.6 Å². The maximum Gasteiger partial charge on any atom is 0.258 e. The van der Waals surface area contributed by atoms with Gasteiger partial charge in [0.15, 0.2) is 0 Å². The van der Waals surface area contributed by atoms with Gasteiger partial charge in [0.05, 0.1) is 24.4 Å². The summed E-state index contributed by atoms with van der Waals surface area (Å²) in [5.41, 5.74) is 5.87. The van der Waals surface area contributed by atoms with Gasteiger partial charge in [-0.2, -0.15) is 0 Å². The van der Waals surface area contributed by atoms with Crippen molar-refractivity contribution in [3.63, 3.8) is 0 Å². The SMILES string of the molecule is COc1ccc(CC(=O)NNC(=O)CCc2nc3ccccc3c(=O)[nH]2)cc1. The van der Waals surface area contributed by atoms with E-state index >= 15 is 0 Å². The molecular weight excluding hydrogens is 360 g/mol. The van der Waals surface area contributed by atoms with Crippen molar-refractivity contribution in [2.45, 2.75) is 19.3 Å². The number of para-hydroxylation sites is 1. The quantitative estimate of drug-likeness (QED) is 0.557. The van der Waals surface area contributed by atoms with Crippen LogP contribution in [0.2, 0.25) is 0 Å². The van der Waals surface area contributed by atoms with Crippen molar-refractivity contribution in [1.82, 2.24) is 20.8 Å². The van der Waals surface area contributed by atoms with Crippen molar-refractivity contribution < 1.29 is 14.3 Å². The highest BCUT2D eigenvalue weighted by Crippen LogP contribution is 2.11. The molecule has 8 nitrogen and oxygen atoms in total. The molecule has 3 aromatic rings. The van der Waals surface area contributed by atoms with E-state index in [4.69, 9.17) is 4.74 Å². The van der Waals surface area contributed by atoms with Gasteiger partial charge in [-0.25, -0.2) is 4.98 Å². The highest BCUT2D eigenvalue weighted by Gasteiger charge is 2.09. The number of H-pyrrole nitrogens is 1. The van der Waals surface area contributed by atoms with Crippen molar-refractivity contribution in [1.29, 1.82) is 0 Å². The molecule has 0 bridgehead atoms. The van der Waals surface area contributed by atoms with Gasteiger partial charge in [-0.1, -0.05) is 24.3 Å². The number of amides is 2. The number of carbonyl (C=O) groups is 2. The first-order chi connectivity index (χ1) is 13.5. The van der Waals surface area contributed by atoms with Crippen molar-refractivity contribution >= 4 is 22.7 Å². The number of hydrogen-bond acceptors (Lipinski definition) is 5. The van der Waals surface area contributed by atoms with Crippen LogP contribution in [0.25, 0.3) is 10.9 Å². The lowest BCUT2D eigenvalue weighted by Gasteiger charge is -2.08. The first-order valence-electron chi connectivity index (χ1n) is 8.73. The van der Waals surface area contributed by atoms with Crippen molar-refractivity contribution in [3.8, 4) is 5.75 Å². The number of hydrazine groups is 1. The van der Waals surface area contributed by atoms with Gasteiger partial charge in [0.1, 0.15) is 11.6 Å². The minimum absolute atomic E-state index is 0.0735. The summed E-state index contributed by atoms with van der Waals surface area (Å²) in [6, 6.07) is 14.1. The molecule has 0 unspecified atom stereocenters. The Labute approximate surface area is 160 Å². The fraction of sp³-hybridized carbons (Fsp3) is 0.200. The van der Waals surface area contributed by atoms with E-state index < -0.39 is 0 Å². The first-order valence-corrected chi connectivity index (χ1v) is 8.73. The number of hydrogen-bond donors (Lipinski definition) is 3. The summed E-state index contributed by atoms with van der Waals surface area (Å²) in [5, 5.41) is 0.501. The number of fused-ring (bicyclic) bond motifs is 1. The molecule has 2 amide bonds. The number of nitrogens with zero attached hydrogens (tertiary/aromatic N) is 1. The largest absolute Gasteiger partial charge is 0.497 e. The predicted molar refractivity (Wildman–Crippen MR) is 104 cm³/mol. The molecule has 1 aromatic heterocycles. The van der Waals surface area contributed by atoms with Crippen molar-refractivity contribution in [2.75, 3.05) is 7.11 Å². The summed E-state index contributed by atoms with van der Waals surface area (Å²) in [7, 11) is 1.57. The van der Waals surface area contributed by atoms with Crippen LogP contribution in [-0.2, 0) is 22.4 Å². The third kappa shape index (κ3) is 4.94. The zero-order chi connectivity index (χ0) is 19.9. The number of nitrogens with one attached hydrogen (secondary N) is 3. The van der Waals surface area contributed by atoms with Crippen LogP contribution in [0, 0.1) is 0 Å². The van der Waals surface area contributed by atoms with E-state index in [1.165, 1.54) is 0 Å². The van der Waals surface area contributed by atoms with Crippen LogP contribution in [0.3, 0.4) is 0 Å². The number of rotatable bonds is 6. The molecule has 0 saturated carbocycles. The third-order valence-corrected chi connectivity index (χ3v) is 4.12. The van der Waals surface area contributed by atoms with Crippen LogP contribution in [0.1, 0.15) is 17.8 Å². The van der Waals surface area contributed by atoms with E-state index in [0.717, 1.165) is 5.56 Å². The molecule has 0 saturated heterocycles. The lowest BCUT2D eigenvalue weighted by atomic mass is 10.1. The summed E-state index contributed by atoms with van der Waals surface area (Å²) < 4.78 is 5.06. The maximum absolute atomic E-state index is 12.0. The molecule has 0 fully saturated rings. The molecular formula is C20H20N4O4. The molecule has 0 spiro atoms. The topological polar surface area (TPSA) is 113 Å². The lowest BCUT2D eigenvalue weighted by Crippen LogP contribution is -2.42. The molecule has 0 aliphatic heterocycles. The number of ether oxygens (including phenoxy) is 1. The monoisotopic (exact) mass is 380 g/mol. The lowest BCUT2D eigenvalue weighted by molar-refractivity contribution is -0.128. The normalized spacial score (nSPS) is 10.5. The smallest absolute Gasteiger partial charge is 0.258 e. The number of benzene rings is 2. The molecule has 0 aliphatic carbocycles. The van der Waals surface area contributed by atoms with Gasteiger partial charge in [-0.15, -0.1) is 0 Å². The second-order valence-corrected chi connectivity index (χ2v) is 6.15. The number of methoxy groups -OCH3 is 1. The van der Waals surface area contributed by atoms with Crippen LogP contribution in [0.4, 0.5) is 0 Å². The zero-order valence-corrected chi connectivity index (χ0v) is 15.3. The summed E-state index contributed by atoms with van der Waals surface area (Å²) in [6.45, 7) is 0. The van der Waals surface area contributed by atoms with Gasteiger partial charge >= 0.3 is 0 Å². The Balaban J connectivity index is 1.47. The van der Waals surface area contributed by atoms with Gasteiger partial charge in [0.25, 0.3) is 5.56 Å². The van der Waals surface area contributed by atoms with E-state index in [2.05, 4.69) is 20.8 Å². The van der Waals surface area contributed by atoms with E-state index in [0.29, 0.717) is 22.5 Å². The van der Waals surface area contributed by atoms with Crippen LogP contribution in [0.15, 0.2) is 53.3 Å². The molecule has 28 heavy (non-hydrogen) atoms. The Morgan fingerprint density at radius 3 is 2.50 bits per heavy atom. The standard InChI is InChI=1S/C20H20N4O4/c1-28-14-8-6-13(7-9-14)12-19(26)24-23-18(25)11-10-17-21-16-5-3-2-4-15(16)20(27)22-17/h2-9H,10-12H2,1H3,(H,23,25)(H,24,26)(H,21,22,27). The molecule has 0 atom stereocenters. The Kier molecular flexibility index (Phi) is 6.01. The number of aromatic nitrogens is 2. The Morgan fingerprint density at radius 2 is 1.75 bits per heavy atom. The molecule has 144 valence electrons. The molecule has 8 heteroatoms. The summed E-state index contributed by atoms with van der Waals surface area (Å²) in [5.74, 6) is 0.413. The summed E-state index contributed by atoms with van der Waals surface area (Å²) in [4.78, 5) is 42.9. The van der Waals surface area contributed by atoms with Crippen LogP contribution < -0.4 is 21.1 Å². The highest BCUT2D eigenvalue weighted by atomic mass is 16.5. The zero-order valence-electron chi connectivity index (χ0n) is 15.3. The summed E-state index contributed by atoms with van der Waals surface area (Å²) >= 11 is 0. The fourth-order valence-electron chi connectivity index (χ4n) is 2.66. The fourth-order valence-corrected chi connectivity index (χ4v) is 2.66. The van der Waals surface area contributed by atoms with Crippen LogP contribution in [0.5, 0.6) is 5.75 Å². The van der Waals surface area contributed by atoms with Crippen LogP contribution in [-0.4, -0.2) is 28.9 Å². The minimum Gasteiger partial charge on any atom is -0.497 e. The van der Waals surface area contributed by atoms with Gasteiger partial charge in [-0.3, -0.25) is 25.2 Å². The predicted octanol–water partition coefficient (Wildman–Crippen LogP) is 1.25. The number of carbonyl (C=O) groups excluding carboxylic acids is 2. The first kappa shape index (κ1) is 19.1. The Morgan fingerprint density at radius 1 is 1.04 bits per heavy atom. The molecule has 0 radical (unpaired) electrons. The summed E-state index contributed by atoms with van der Waals surface area (Å²) in [6.07, 6.45) is 0.453. The second-order valence-electron chi connectivity index (χ2n) is 6.15. The van der Waals surface area contributed by atoms with Crippen LogP contribution >= 0.6 is 0 Å². The molecule has 3 rings (SSSR count). The average Bonchev–Trinajstić information content (AvgIpc) is 2.71. The highest BCUT2D eigenvalue weighted by molar-refractivity contribution is 5.83. The van der Waals surface area contributed by atoms with Gasteiger partial charge in [0.2, 0.25) is 11.8 Å². The molecule has 3 N–H and O–H groups in total. The molecule has 2 aromatic carbocycles. The van der Waals surface area contributed by atoms with E-state index in [1.807, 2.05) is 0 Å². The van der Waals surface area contributed by atoms with Crippen molar-refractivity contribution in [3.05, 3.63) is 70.3 Å². The van der Waals surface area contributed by atoms with E-state index in [-0.39, 0.29) is 36.6 Å². The maximum atomic E-state index is 12.0. The Hall–Kier alpha value is -3.68. The van der Waals surface area contributed by atoms with E-state index in [9.17, 15) is 14.4 Å². The second kappa shape index (κ2) is 8.81. The number of aromatic amines is 1. The molecule has 0 aliphatic rings.